The lowest BCUT2D eigenvalue weighted by Crippen LogP contribution is -2.40. The third-order valence-electron chi connectivity index (χ3n) is 4.01. The van der Waals surface area contributed by atoms with E-state index in [0.29, 0.717) is 11.8 Å². The number of aromatic nitrogens is 2. The van der Waals surface area contributed by atoms with E-state index in [0.717, 1.165) is 36.7 Å². The van der Waals surface area contributed by atoms with E-state index in [1.54, 1.807) is 6.20 Å². The van der Waals surface area contributed by atoms with Crippen molar-refractivity contribution in [2.24, 2.45) is 5.92 Å². The molecular formula is C16H19N3O2. The number of amides is 1. The summed E-state index contributed by atoms with van der Waals surface area (Å²) in [5.41, 5.74) is 0. The highest BCUT2D eigenvalue weighted by Gasteiger charge is 2.20. The monoisotopic (exact) mass is 285 g/mol. The second-order valence-corrected chi connectivity index (χ2v) is 5.59. The summed E-state index contributed by atoms with van der Waals surface area (Å²) in [5.74, 6) is 1.15. The zero-order valence-corrected chi connectivity index (χ0v) is 12.2. The topological polar surface area (TPSA) is 55.3 Å². The van der Waals surface area contributed by atoms with Crippen LogP contribution in [0.15, 0.2) is 30.5 Å². The van der Waals surface area contributed by atoms with Gasteiger partial charge in [-0.1, -0.05) is 25.1 Å². The van der Waals surface area contributed by atoms with Crippen molar-refractivity contribution in [1.29, 1.82) is 0 Å². The van der Waals surface area contributed by atoms with E-state index in [1.807, 2.05) is 29.2 Å². The molecule has 21 heavy (non-hydrogen) atoms. The third kappa shape index (κ3) is 3.12. The smallest absolute Gasteiger partial charge is 0.260 e. The highest BCUT2D eigenvalue weighted by molar-refractivity contribution is 5.86. The lowest BCUT2D eigenvalue weighted by atomic mass is 9.99. The van der Waals surface area contributed by atoms with Gasteiger partial charge in [0.15, 0.2) is 6.61 Å². The molecule has 110 valence electrons. The maximum atomic E-state index is 12.2. The molecule has 1 saturated heterocycles. The van der Waals surface area contributed by atoms with Gasteiger partial charge in [0.25, 0.3) is 5.91 Å². The Kier molecular flexibility index (Phi) is 3.99. The quantitative estimate of drug-likeness (QED) is 0.868. The highest BCUT2D eigenvalue weighted by Crippen LogP contribution is 2.21. The molecule has 0 N–H and O–H groups in total. The summed E-state index contributed by atoms with van der Waals surface area (Å²) in [4.78, 5) is 14.0. The van der Waals surface area contributed by atoms with Gasteiger partial charge in [-0.2, -0.15) is 5.10 Å². The van der Waals surface area contributed by atoms with Crippen LogP contribution in [0.2, 0.25) is 0 Å². The minimum atomic E-state index is 0.0247. The summed E-state index contributed by atoms with van der Waals surface area (Å²) in [7, 11) is 0. The van der Waals surface area contributed by atoms with Crippen molar-refractivity contribution in [3.8, 4) is 5.88 Å². The zero-order valence-electron chi connectivity index (χ0n) is 12.2. The van der Waals surface area contributed by atoms with Gasteiger partial charge in [-0.25, -0.2) is 0 Å². The molecule has 0 spiro atoms. The summed E-state index contributed by atoms with van der Waals surface area (Å²) < 4.78 is 5.60. The second-order valence-electron chi connectivity index (χ2n) is 5.59. The van der Waals surface area contributed by atoms with Crippen molar-refractivity contribution in [3.63, 3.8) is 0 Å². The van der Waals surface area contributed by atoms with Gasteiger partial charge in [-0.3, -0.25) is 4.79 Å². The summed E-state index contributed by atoms with van der Waals surface area (Å²) in [6.07, 6.45) is 3.83. The van der Waals surface area contributed by atoms with Crippen LogP contribution in [-0.2, 0) is 4.79 Å². The Balaban J connectivity index is 1.65. The van der Waals surface area contributed by atoms with Crippen molar-refractivity contribution in [1.82, 2.24) is 15.1 Å². The molecule has 1 fully saturated rings. The van der Waals surface area contributed by atoms with Crippen LogP contribution >= 0.6 is 0 Å². The average Bonchev–Trinajstić information content (AvgIpc) is 2.53. The molecule has 0 radical (unpaired) electrons. The van der Waals surface area contributed by atoms with Crippen LogP contribution < -0.4 is 4.74 Å². The molecule has 3 rings (SSSR count). The number of hydrogen-bond acceptors (Lipinski definition) is 4. The molecule has 0 atom stereocenters. The Morgan fingerprint density at radius 2 is 2.10 bits per heavy atom. The fourth-order valence-corrected chi connectivity index (χ4v) is 2.59. The molecule has 1 aliphatic heterocycles. The Bertz CT molecular complexity index is 631. The number of benzene rings is 1. The van der Waals surface area contributed by atoms with Gasteiger partial charge in [0.1, 0.15) is 0 Å². The van der Waals surface area contributed by atoms with Gasteiger partial charge < -0.3 is 9.64 Å². The number of nitrogens with zero attached hydrogens (tertiary/aromatic N) is 3. The first kappa shape index (κ1) is 13.8. The van der Waals surface area contributed by atoms with Crippen LogP contribution in [0.1, 0.15) is 19.8 Å². The van der Waals surface area contributed by atoms with E-state index < -0.39 is 0 Å². The Morgan fingerprint density at radius 3 is 2.90 bits per heavy atom. The number of piperidine rings is 1. The second kappa shape index (κ2) is 6.08. The maximum Gasteiger partial charge on any atom is 0.260 e. The van der Waals surface area contributed by atoms with Crippen molar-refractivity contribution in [3.05, 3.63) is 30.5 Å². The van der Waals surface area contributed by atoms with Crippen molar-refractivity contribution in [2.45, 2.75) is 19.8 Å². The van der Waals surface area contributed by atoms with E-state index in [2.05, 4.69) is 17.1 Å². The average molecular weight is 285 g/mol. The molecule has 1 aromatic carbocycles. The summed E-state index contributed by atoms with van der Waals surface area (Å²) in [5, 5.41) is 9.75. The number of hydrogen-bond donors (Lipinski definition) is 0. The van der Waals surface area contributed by atoms with Gasteiger partial charge in [-0.05, 0) is 24.8 Å². The van der Waals surface area contributed by atoms with E-state index in [9.17, 15) is 4.79 Å². The van der Waals surface area contributed by atoms with Gasteiger partial charge in [0.05, 0.1) is 6.20 Å². The molecule has 5 heteroatoms. The number of carbonyl (C=O) groups excluding carboxylic acids is 1. The lowest BCUT2D eigenvalue weighted by Gasteiger charge is -2.30. The van der Waals surface area contributed by atoms with E-state index in [-0.39, 0.29) is 12.5 Å². The van der Waals surface area contributed by atoms with Gasteiger partial charge in [-0.15, -0.1) is 5.10 Å². The van der Waals surface area contributed by atoms with Crippen molar-refractivity contribution < 1.29 is 9.53 Å². The Hall–Kier alpha value is -2.17. The van der Waals surface area contributed by atoms with Gasteiger partial charge >= 0.3 is 0 Å². The van der Waals surface area contributed by atoms with Gasteiger partial charge in [0.2, 0.25) is 5.88 Å². The predicted molar refractivity (Wildman–Crippen MR) is 80.0 cm³/mol. The Labute approximate surface area is 123 Å². The minimum Gasteiger partial charge on any atom is -0.466 e. The van der Waals surface area contributed by atoms with Crippen LogP contribution in [0.3, 0.4) is 0 Å². The SMILES string of the molecule is CC1CCN(C(=O)COc2nncc3ccccc23)CC1. The number of carbonyl (C=O) groups is 1. The molecule has 0 aliphatic carbocycles. The van der Waals surface area contributed by atoms with Crippen LogP contribution in [0.5, 0.6) is 5.88 Å². The van der Waals surface area contributed by atoms with Crippen LogP contribution in [0.25, 0.3) is 10.8 Å². The third-order valence-corrected chi connectivity index (χ3v) is 4.01. The Morgan fingerprint density at radius 1 is 1.33 bits per heavy atom. The minimum absolute atomic E-state index is 0.0247. The summed E-state index contributed by atoms with van der Waals surface area (Å²) >= 11 is 0. The molecule has 2 aromatic rings. The fourth-order valence-electron chi connectivity index (χ4n) is 2.59. The molecule has 0 saturated carbocycles. The highest BCUT2D eigenvalue weighted by atomic mass is 16.5. The zero-order chi connectivity index (χ0) is 14.7. The summed E-state index contributed by atoms with van der Waals surface area (Å²) in [6, 6.07) is 7.73. The first-order valence-electron chi connectivity index (χ1n) is 7.35. The lowest BCUT2D eigenvalue weighted by molar-refractivity contribution is -0.134. The first-order valence-corrected chi connectivity index (χ1v) is 7.35. The van der Waals surface area contributed by atoms with E-state index >= 15 is 0 Å². The van der Waals surface area contributed by atoms with Crippen LogP contribution in [0.4, 0.5) is 0 Å². The van der Waals surface area contributed by atoms with Crippen LogP contribution in [0, 0.1) is 5.92 Å². The number of rotatable bonds is 3. The number of ether oxygens (including phenoxy) is 1. The largest absolute Gasteiger partial charge is 0.466 e. The molecule has 1 aliphatic rings. The van der Waals surface area contributed by atoms with E-state index in [4.69, 9.17) is 4.74 Å². The normalized spacial score (nSPS) is 16.1. The van der Waals surface area contributed by atoms with E-state index in [1.165, 1.54) is 0 Å². The number of fused-ring (bicyclic) bond motifs is 1. The molecule has 0 unspecified atom stereocenters. The molecule has 2 heterocycles. The summed E-state index contributed by atoms with van der Waals surface area (Å²) in [6.45, 7) is 3.90. The molecular weight excluding hydrogens is 266 g/mol. The molecule has 5 nitrogen and oxygen atoms in total. The fraction of sp³-hybridized carbons (Fsp3) is 0.438. The molecule has 1 amide bonds. The van der Waals surface area contributed by atoms with Crippen LogP contribution in [-0.4, -0.2) is 40.7 Å². The predicted octanol–water partition coefficient (Wildman–Crippen LogP) is 2.27. The first-order chi connectivity index (χ1) is 10.2. The van der Waals surface area contributed by atoms with Crippen molar-refractivity contribution >= 4 is 16.7 Å². The molecule has 1 aromatic heterocycles. The molecule has 0 bridgehead atoms. The number of likely N-dealkylation sites (tertiary alicyclic amines) is 1. The maximum absolute atomic E-state index is 12.2. The van der Waals surface area contributed by atoms with Crippen molar-refractivity contribution in [2.75, 3.05) is 19.7 Å². The van der Waals surface area contributed by atoms with Gasteiger partial charge in [0, 0.05) is 23.9 Å². The standard InChI is InChI=1S/C16H19N3O2/c1-12-6-8-19(9-7-12)15(20)11-21-16-14-5-3-2-4-13(14)10-17-18-16/h2-5,10,12H,6-9,11H2,1H3.